The maximum absolute atomic E-state index is 13.7. The lowest BCUT2D eigenvalue weighted by molar-refractivity contribution is -0.120. The van der Waals surface area contributed by atoms with Crippen molar-refractivity contribution in [2.45, 2.75) is 26.2 Å². The molecular weight excluding hydrogens is 364 g/mol. The zero-order valence-electron chi connectivity index (χ0n) is 15.8. The highest BCUT2D eigenvalue weighted by Gasteiger charge is 2.18. The third-order valence-electron chi connectivity index (χ3n) is 4.77. The summed E-state index contributed by atoms with van der Waals surface area (Å²) in [5, 5.41) is 2.37. The minimum atomic E-state index is -0.867. The molecule has 0 spiro atoms. The molecule has 0 unspecified atom stereocenters. The van der Waals surface area contributed by atoms with E-state index in [2.05, 4.69) is 10.2 Å². The van der Waals surface area contributed by atoms with Crippen molar-refractivity contribution in [1.82, 2.24) is 0 Å². The molecule has 2 aromatic carbocycles. The average molecular weight is 387 g/mol. The van der Waals surface area contributed by atoms with Crippen molar-refractivity contribution in [3.8, 4) is 0 Å². The molecule has 1 saturated heterocycles. The zero-order valence-corrected chi connectivity index (χ0v) is 15.8. The first kappa shape index (κ1) is 19.8. The van der Waals surface area contributed by atoms with Crippen LogP contribution in [0.5, 0.6) is 0 Å². The molecule has 1 fully saturated rings. The van der Waals surface area contributed by atoms with Gasteiger partial charge >= 0.3 is 0 Å². The minimum Gasteiger partial charge on any atom is -0.372 e. The smallest absolute Gasteiger partial charge is 0.244 e. The van der Waals surface area contributed by atoms with Crippen LogP contribution >= 0.6 is 0 Å². The Bertz CT molecular complexity index is 849. The van der Waals surface area contributed by atoms with Crippen LogP contribution in [0.3, 0.4) is 0 Å². The molecule has 0 aliphatic carbocycles. The average Bonchev–Trinajstić information content (AvgIpc) is 2.69. The van der Waals surface area contributed by atoms with Gasteiger partial charge in [-0.15, -0.1) is 0 Å². The van der Waals surface area contributed by atoms with Gasteiger partial charge in [-0.25, -0.2) is 8.78 Å². The number of halogens is 2. The van der Waals surface area contributed by atoms with E-state index in [1.54, 1.807) is 12.1 Å². The van der Waals surface area contributed by atoms with E-state index in [-0.39, 0.29) is 18.1 Å². The number of carbonyl (C=O) groups excluding carboxylic acids is 2. The summed E-state index contributed by atoms with van der Waals surface area (Å²) in [5.74, 6) is -2.47. The molecule has 7 heteroatoms. The summed E-state index contributed by atoms with van der Waals surface area (Å²) in [5.41, 5.74) is 1.54. The molecule has 0 aromatic heterocycles. The van der Waals surface area contributed by atoms with Gasteiger partial charge in [-0.3, -0.25) is 9.59 Å². The van der Waals surface area contributed by atoms with Crippen LogP contribution in [-0.4, -0.2) is 31.4 Å². The second-order valence-electron chi connectivity index (χ2n) is 6.84. The van der Waals surface area contributed by atoms with Crippen molar-refractivity contribution in [2.75, 3.05) is 34.8 Å². The van der Waals surface area contributed by atoms with E-state index in [1.807, 2.05) is 12.1 Å². The van der Waals surface area contributed by atoms with E-state index in [0.29, 0.717) is 11.8 Å². The topological polar surface area (TPSA) is 52.7 Å². The highest BCUT2D eigenvalue weighted by atomic mass is 19.1. The molecule has 148 valence electrons. The third kappa shape index (κ3) is 4.85. The SMILES string of the molecule is CC(=O)N(CC(=O)Nc1ccc(F)cc1F)c1ccc(N2CCCCC2)cc1. The third-order valence-corrected chi connectivity index (χ3v) is 4.77. The van der Waals surface area contributed by atoms with Crippen LogP contribution in [0.2, 0.25) is 0 Å². The molecule has 0 bridgehead atoms. The first-order valence-corrected chi connectivity index (χ1v) is 9.32. The van der Waals surface area contributed by atoms with E-state index in [9.17, 15) is 18.4 Å². The monoisotopic (exact) mass is 387 g/mol. The van der Waals surface area contributed by atoms with Gasteiger partial charge in [-0.2, -0.15) is 0 Å². The molecule has 28 heavy (non-hydrogen) atoms. The maximum Gasteiger partial charge on any atom is 0.244 e. The maximum atomic E-state index is 13.7. The van der Waals surface area contributed by atoms with Crippen molar-refractivity contribution in [2.24, 2.45) is 0 Å². The summed E-state index contributed by atoms with van der Waals surface area (Å²) in [7, 11) is 0. The van der Waals surface area contributed by atoms with Crippen LogP contribution in [0.4, 0.5) is 25.8 Å². The molecule has 2 amide bonds. The molecule has 1 aliphatic heterocycles. The Morgan fingerprint density at radius 2 is 1.71 bits per heavy atom. The predicted molar refractivity (Wildman–Crippen MR) is 106 cm³/mol. The zero-order chi connectivity index (χ0) is 20.1. The van der Waals surface area contributed by atoms with E-state index >= 15 is 0 Å². The van der Waals surface area contributed by atoms with Crippen molar-refractivity contribution in [3.05, 3.63) is 54.1 Å². The molecule has 2 aromatic rings. The second kappa shape index (κ2) is 8.82. The van der Waals surface area contributed by atoms with E-state index < -0.39 is 17.5 Å². The fourth-order valence-electron chi connectivity index (χ4n) is 3.30. The fourth-order valence-corrected chi connectivity index (χ4v) is 3.30. The Kier molecular flexibility index (Phi) is 6.23. The largest absolute Gasteiger partial charge is 0.372 e. The van der Waals surface area contributed by atoms with Gasteiger partial charge in [0.15, 0.2) is 0 Å². The number of amides is 2. The van der Waals surface area contributed by atoms with Gasteiger partial charge in [0.1, 0.15) is 18.2 Å². The summed E-state index contributed by atoms with van der Waals surface area (Å²) in [4.78, 5) is 27.9. The van der Waals surface area contributed by atoms with Crippen LogP contribution in [0.25, 0.3) is 0 Å². The van der Waals surface area contributed by atoms with Gasteiger partial charge in [0.25, 0.3) is 0 Å². The van der Waals surface area contributed by atoms with Gasteiger partial charge in [-0.05, 0) is 55.7 Å². The summed E-state index contributed by atoms with van der Waals surface area (Å²) >= 11 is 0. The quantitative estimate of drug-likeness (QED) is 0.845. The molecule has 0 saturated carbocycles. The molecule has 5 nitrogen and oxygen atoms in total. The lowest BCUT2D eigenvalue weighted by atomic mass is 10.1. The van der Waals surface area contributed by atoms with Crippen LogP contribution in [0, 0.1) is 11.6 Å². The first-order valence-electron chi connectivity index (χ1n) is 9.32. The Morgan fingerprint density at radius 1 is 1.04 bits per heavy atom. The van der Waals surface area contributed by atoms with Crippen LogP contribution in [-0.2, 0) is 9.59 Å². The van der Waals surface area contributed by atoms with E-state index in [0.717, 1.165) is 30.9 Å². The second-order valence-corrected chi connectivity index (χ2v) is 6.84. The molecule has 1 heterocycles. The summed E-state index contributed by atoms with van der Waals surface area (Å²) in [6.45, 7) is 3.13. The van der Waals surface area contributed by atoms with Crippen LogP contribution < -0.4 is 15.1 Å². The predicted octanol–water partition coefficient (Wildman–Crippen LogP) is 3.95. The Morgan fingerprint density at radius 3 is 2.32 bits per heavy atom. The minimum absolute atomic E-state index is 0.129. The number of hydrogen-bond donors (Lipinski definition) is 1. The number of anilines is 3. The highest BCUT2D eigenvalue weighted by molar-refractivity contribution is 6.01. The summed E-state index contributed by atoms with van der Waals surface area (Å²) in [6, 6.07) is 10.4. The number of carbonyl (C=O) groups is 2. The van der Waals surface area contributed by atoms with Gasteiger partial charge in [0, 0.05) is 37.5 Å². The van der Waals surface area contributed by atoms with Crippen molar-refractivity contribution in [3.63, 3.8) is 0 Å². The lowest BCUT2D eigenvalue weighted by Gasteiger charge is -2.29. The van der Waals surface area contributed by atoms with Crippen LogP contribution in [0.15, 0.2) is 42.5 Å². The van der Waals surface area contributed by atoms with Gasteiger partial charge in [0.05, 0.1) is 5.69 Å². The van der Waals surface area contributed by atoms with Crippen molar-refractivity contribution >= 4 is 28.9 Å². The summed E-state index contributed by atoms with van der Waals surface area (Å²) < 4.78 is 26.7. The molecule has 3 rings (SSSR count). The number of hydrogen-bond acceptors (Lipinski definition) is 3. The van der Waals surface area contributed by atoms with Gasteiger partial charge in [-0.1, -0.05) is 0 Å². The van der Waals surface area contributed by atoms with Crippen molar-refractivity contribution in [1.29, 1.82) is 0 Å². The summed E-state index contributed by atoms with van der Waals surface area (Å²) in [6.07, 6.45) is 3.58. The standard InChI is InChI=1S/C21H23F2N3O2/c1-15(27)26(14-21(28)24-20-10-5-16(22)13-19(20)23)18-8-6-17(7-9-18)25-11-3-2-4-12-25/h5-10,13H,2-4,11-12,14H2,1H3,(H,24,28). The molecule has 0 radical (unpaired) electrons. The molecule has 0 atom stereocenters. The molecule has 1 aliphatic rings. The molecule has 1 N–H and O–H groups in total. The number of nitrogens with zero attached hydrogens (tertiary/aromatic N) is 2. The Hall–Kier alpha value is -2.96. The van der Waals surface area contributed by atoms with E-state index in [4.69, 9.17) is 0 Å². The lowest BCUT2D eigenvalue weighted by Crippen LogP contribution is -2.37. The van der Waals surface area contributed by atoms with Crippen molar-refractivity contribution < 1.29 is 18.4 Å². The highest BCUT2D eigenvalue weighted by Crippen LogP contribution is 2.24. The van der Waals surface area contributed by atoms with Crippen LogP contribution in [0.1, 0.15) is 26.2 Å². The Labute approximate surface area is 162 Å². The van der Waals surface area contributed by atoms with Gasteiger partial charge < -0.3 is 15.1 Å². The number of benzene rings is 2. The fraction of sp³-hybridized carbons (Fsp3) is 0.333. The van der Waals surface area contributed by atoms with E-state index in [1.165, 1.54) is 31.1 Å². The van der Waals surface area contributed by atoms with Gasteiger partial charge in [0.2, 0.25) is 11.8 Å². The number of rotatable bonds is 5. The number of piperidine rings is 1. The normalized spacial score (nSPS) is 13.9. The first-order chi connectivity index (χ1) is 13.4. The Balaban J connectivity index is 1.68. The number of nitrogens with one attached hydrogen (secondary N) is 1. The molecular formula is C21H23F2N3O2.